The third-order valence-corrected chi connectivity index (χ3v) is 5.67. The van der Waals surface area contributed by atoms with Crippen molar-refractivity contribution in [3.05, 3.63) is 17.5 Å². The van der Waals surface area contributed by atoms with Crippen LogP contribution in [0.5, 0.6) is 0 Å². The van der Waals surface area contributed by atoms with Gasteiger partial charge in [-0.3, -0.25) is 9.89 Å². The van der Waals surface area contributed by atoms with Gasteiger partial charge in [0.05, 0.1) is 6.20 Å². The number of hydrogen-bond acceptors (Lipinski definition) is 3. The number of nitrogens with one attached hydrogen (secondary N) is 1. The number of rotatable bonds is 3. The second-order valence-electron chi connectivity index (χ2n) is 6.99. The van der Waals surface area contributed by atoms with E-state index in [-0.39, 0.29) is 11.1 Å². The third kappa shape index (κ3) is 1.58. The van der Waals surface area contributed by atoms with Crippen LogP contribution >= 0.6 is 0 Å². The highest BCUT2D eigenvalue weighted by molar-refractivity contribution is 6.39. The summed E-state index contributed by atoms with van der Waals surface area (Å²) in [7, 11) is 0. The number of carboxylic acid groups (broad SMARTS) is 1. The molecule has 4 aliphatic rings. The molecule has 0 radical (unpaired) electrons. The first-order valence-electron chi connectivity index (χ1n) is 7.39. The van der Waals surface area contributed by atoms with Crippen molar-refractivity contribution in [2.45, 2.75) is 43.9 Å². The van der Waals surface area contributed by atoms with Gasteiger partial charge in [-0.1, -0.05) is 0 Å². The van der Waals surface area contributed by atoms with Gasteiger partial charge in [-0.2, -0.15) is 5.10 Å². The summed E-state index contributed by atoms with van der Waals surface area (Å²) < 4.78 is 0. The number of aliphatic carboxylic acids is 1. The van der Waals surface area contributed by atoms with Crippen LogP contribution in [0, 0.1) is 17.8 Å². The van der Waals surface area contributed by atoms with Crippen LogP contribution in [-0.4, -0.2) is 27.1 Å². The number of nitrogens with zero attached hydrogens (tertiary/aromatic N) is 1. The van der Waals surface area contributed by atoms with Gasteiger partial charge >= 0.3 is 5.97 Å². The summed E-state index contributed by atoms with van der Waals surface area (Å²) in [5.74, 6) is 0.00487. The summed E-state index contributed by atoms with van der Waals surface area (Å²) in [5, 5.41) is 15.6. The van der Waals surface area contributed by atoms with Crippen molar-refractivity contribution in [3.8, 4) is 0 Å². The maximum absolute atomic E-state index is 11.8. The lowest BCUT2D eigenvalue weighted by Gasteiger charge is -2.56. The molecule has 4 aliphatic carbocycles. The van der Waals surface area contributed by atoms with E-state index < -0.39 is 11.8 Å². The van der Waals surface area contributed by atoms with E-state index >= 15 is 0 Å². The molecule has 0 aliphatic heterocycles. The van der Waals surface area contributed by atoms with Crippen molar-refractivity contribution in [3.63, 3.8) is 0 Å². The van der Waals surface area contributed by atoms with Crippen LogP contribution in [0.4, 0.5) is 0 Å². The molecule has 5 nitrogen and oxygen atoms in total. The Balaban J connectivity index is 1.76. The van der Waals surface area contributed by atoms with Crippen LogP contribution in [0.2, 0.25) is 0 Å². The fourth-order valence-electron chi connectivity index (χ4n) is 5.41. The van der Waals surface area contributed by atoms with Crippen LogP contribution in [0.25, 0.3) is 0 Å². The molecule has 20 heavy (non-hydrogen) atoms. The second-order valence-corrected chi connectivity index (χ2v) is 6.99. The average Bonchev–Trinajstić information content (AvgIpc) is 2.85. The van der Waals surface area contributed by atoms with Gasteiger partial charge in [-0.25, -0.2) is 4.79 Å². The SMILES string of the molecule is O=C(O)C(=O)c1[nH]ncc1C12CC3CC(CC(C3)C1)C2. The van der Waals surface area contributed by atoms with Crippen molar-refractivity contribution in [2.75, 3.05) is 0 Å². The Hall–Kier alpha value is -1.65. The lowest BCUT2D eigenvalue weighted by atomic mass is 9.48. The molecular weight excluding hydrogens is 256 g/mol. The number of H-pyrrole nitrogens is 1. The van der Waals surface area contributed by atoms with Gasteiger partial charge in [0.2, 0.25) is 0 Å². The Morgan fingerprint density at radius 2 is 1.70 bits per heavy atom. The highest BCUT2D eigenvalue weighted by Gasteiger charge is 2.53. The molecule has 1 aromatic heterocycles. The Morgan fingerprint density at radius 3 is 2.20 bits per heavy atom. The van der Waals surface area contributed by atoms with E-state index in [1.807, 2.05) is 0 Å². The molecule has 106 valence electrons. The molecule has 4 fully saturated rings. The Morgan fingerprint density at radius 1 is 1.15 bits per heavy atom. The molecular formula is C15H18N2O3. The normalized spacial score (nSPS) is 38.1. The van der Waals surface area contributed by atoms with E-state index in [1.54, 1.807) is 6.20 Å². The fraction of sp³-hybridized carbons (Fsp3) is 0.667. The number of Topliss-reactive ketones (excluding diaryl/α,β-unsaturated/α-hetero) is 1. The monoisotopic (exact) mass is 274 g/mol. The van der Waals surface area contributed by atoms with E-state index in [0.717, 1.165) is 42.6 Å². The number of carbonyl (C=O) groups excluding carboxylic acids is 1. The zero-order chi connectivity index (χ0) is 13.9. The fourth-order valence-corrected chi connectivity index (χ4v) is 5.41. The van der Waals surface area contributed by atoms with Crippen LogP contribution in [0.1, 0.15) is 54.6 Å². The first-order chi connectivity index (χ1) is 9.57. The number of aromatic amines is 1. The Bertz CT molecular complexity index is 554. The van der Waals surface area contributed by atoms with Crippen LogP contribution in [-0.2, 0) is 10.2 Å². The smallest absolute Gasteiger partial charge is 0.378 e. The maximum Gasteiger partial charge on any atom is 0.378 e. The minimum Gasteiger partial charge on any atom is -0.475 e. The second kappa shape index (κ2) is 3.93. The first-order valence-corrected chi connectivity index (χ1v) is 7.39. The largest absolute Gasteiger partial charge is 0.475 e. The van der Waals surface area contributed by atoms with Gasteiger partial charge < -0.3 is 5.11 Å². The summed E-state index contributed by atoms with van der Waals surface area (Å²) in [4.78, 5) is 22.8. The number of carbonyl (C=O) groups is 2. The minimum absolute atomic E-state index is 0.00218. The van der Waals surface area contributed by atoms with Crippen molar-refractivity contribution in [1.29, 1.82) is 0 Å². The molecule has 0 saturated heterocycles. The van der Waals surface area contributed by atoms with Gasteiger partial charge in [0.25, 0.3) is 5.78 Å². The number of ketones is 1. The molecule has 4 bridgehead atoms. The summed E-state index contributed by atoms with van der Waals surface area (Å²) in [6.07, 6.45) is 8.94. The topological polar surface area (TPSA) is 83.0 Å². The molecule has 0 unspecified atom stereocenters. The number of carboxylic acids is 1. The minimum atomic E-state index is -1.40. The molecule has 0 amide bonds. The summed E-state index contributed by atoms with van der Waals surface area (Å²) in [6, 6.07) is 0. The van der Waals surface area contributed by atoms with Gasteiger partial charge in [0.15, 0.2) is 0 Å². The molecule has 2 N–H and O–H groups in total. The van der Waals surface area contributed by atoms with E-state index in [0.29, 0.717) is 0 Å². The Kier molecular flexibility index (Phi) is 2.38. The highest BCUT2D eigenvalue weighted by Crippen LogP contribution is 2.61. The molecule has 0 spiro atoms. The number of hydrogen-bond donors (Lipinski definition) is 2. The molecule has 0 aromatic carbocycles. The van der Waals surface area contributed by atoms with E-state index in [2.05, 4.69) is 10.2 Å². The third-order valence-electron chi connectivity index (χ3n) is 5.67. The van der Waals surface area contributed by atoms with Gasteiger partial charge in [0.1, 0.15) is 5.69 Å². The van der Waals surface area contributed by atoms with Gasteiger partial charge in [0, 0.05) is 5.56 Å². The molecule has 0 atom stereocenters. The average molecular weight is 274 g/mol. The van der Waals surface area contributed by atoms with Crippen LogP contribution < -0.4 is 0 Å². The predicted molar refractivity (Wildman–Crippen MR) is 70.4 cm³/mol. The maximum atomic E-state index is 11.8. The van der Waals surface area contributed by atoms with Crippen LogP contribution in [0.3, 0.4) is 0 Å². The molecule has 1 aromatic rings. The predicted octanol–water partition coefficient (Wildman–Crippen LogP) is 2.14. The van der Waals surface area contributed by atoms with E-state index in [1.165, 1.54) is 19.3 Å². The lowest BCUT2D eigenvalue weighted by molar-refractivity contribution is -0.131. The summed E-state index contributed by atoms with van der Waals surface area (Å²) in [5.41, 5.74) is 1.07. The zero-order valence-electron chi connectivity index (χ0n) is 11.3. The quantitative estimate of drug-likeness (QED) is 0.653. The molecule has 4 saturated carbocycles. The van der Waals surface area contributed by atoms with Crippen molar-refractivity contribution >= 4 is 11.8 Å². The number of aromatic nitrogens is 2. The van der Waals surface area contributed by atoms with E-state index in [9.17, 15) is 9.59 Å². The molecule has 5 heteroatoms. The summed E-state index contributed by atoms with van der Waals surface area (Å²) in [6.45, 7) is 0. The van der Waals surface area contributed by atoms with Crippen molar-refractivity contribution < 1.29 is 14.7 Å². The van der Waals surface area contributed by atoms with Crippen molar-refractivity contribution in [1.82, 2.24) is 10.2 Å². The standard InChI is InChI=1S/C15H18N2O3/c18-13(14(19)20)12-11(7-16-17-12)15-4-8-1-9(5-15)3-10(2-8)6-15/h7-10H,1-6H2,(H,16,17)(H,19,20). The highest BCUT2D eigenvalue weighted by atomic mass is 16.4. The lowest BCUT2D eigenvalue weighted by Crippen LogP contribution is -2.49. The summed E-state index contributed by atoms with van der Waals surface area (Å²) >= 11 is 0. The van der Waals surface area contributed by atoms with Crippen molar-refractivity contribution in [2.24, 2.45) is 17.8 Å². The molecule has 5 rings (SSSR count). The van der Waals surface area contributed by atoms with Gasteiger partial charge in [-0.15, -0.1) is 0 Å². The van der Waals surface area contributed by atoms with E-state index in [4.69, 9.17) is 5.11 Å². The first kappa shape index (κ1) is 12.1. The Labute approximate surface area is 116 Å². The van der Waals surface area contributed by atoms with Gasteiger partial charge in [-0.05, 0) is 61.7 Å². The molecule has 1 heterocycles. The van der Waals surface area contributed by atoms with Crippen LogP contribution in [0.15, 0.2) is 6.20 Å². The zero-order valence-corrected chi connectivity index (χ0v) is 11.3.